The maximum Gasteiger partial charge on any atom is 0.241 e. The highest BCUT2D eigenvalue weighted by atomic mass is 35.5. The van der Waals surface area contributed by atoms with Crippen LogP contribution in [0.4, 0.5) is 0 Å². The molecule has 1 fully saturated rings. The van der Waals surface area contributed by atoms with Crippen molar-refractivity contribution in [1.29, 1.82) is 0 Å². The van der Waals surface area contributed by atoms with Crippen LogP contribution in [0.3, 0.4) is 0 Å². The molecule has 0 spiro atoms. The van der Waals surface area contributed by atoms with Gasteiger partial charge in [0.15, 0.2) is 0 Å². The van der Waals surface area contributed by atoms with E-state index in [2.05, 4.69) is 40.8 Å². The maximum absolute atomic E-state index is 5.91. The van der Waals surface area contributed by atoms with Crippen LogP contribution in [0.25, 0.3) is 11.4 Å². The van der Waals surface area contributed by atoms with Crippen molar-refractivity contribution in [3.8, 4) is 11.4 Å². The zero-order valence-corrected chi connectivity index (χ0v) is 15.3. The third-order valence-corrected chi connectivity index (χ3v) is 4.85. The zero-order chi connectivity index (χ0) is 17.1. The van der Waals surface area contributed by atoms with Gasteiger partial charge in [-0.05, 0) is 64.0 Å². The number of halogens is 1. The van der Waals surface area contributed by atoms with Crippen LogP contribution in [0, 0.1) is 5.92 Å². The standard InChI is InChI=1S/C18H25ClN4O/c1-13(2)23-9-8-14(11-23)10-22(3)12-17-20-18(21-24-17)15-4-6-16(19)7-5-15/h4-7,13-14H,8-12H2,1-3H3/t14-/m0/s1. The molecule has 1 saturated heterocycles. The average Bonchev–Trinajstić information content (AvgIpc) is 3.17. The Morgan fingerprint density at radius 2 is 2.08 bits per heavy atom. The quantitative estimate of drug-likeness (QED) is 0.798. The highest BCUT2D eigenvalue weighted by Gasteiger charge is 2.25. The molecule has 1 aliphatic rings. The minimum Gasteiger partial charge on any atom is -0.338 e. The molecule has 0 aliphatic carbocycles. The van der Waals surface area contributed by atoms with Crippen molar-refractivity contribution in [2.45, 2.75) is 32.9 Å². The SMILES string of the molecule is CC(C)N1CC[C@@H](CN(C)Cc2nc(-c3ccc(Cl)cc3)no2)C1. The van der Waals surface area contributed by atoms with Crippen LogP contribution >= 0.6 is 11.6 Å². The normalized spacial score (nSPS) is 18.8. The molecule has 1 aromatic heterocycles. The molecule has 2 aromatic rings. The Bertz CT molecular complexity index is 655. The molecule has 1 atom stereocenters. The maximum atomic E-state index is 5.91. The van der Waals surface area contributed by atoms with E-state index in [9.17, 15) is 0 Å². The predicted octanol–water partition coefficient (Wildman–Crippen LogP) is 3.55. The summed E-state index contributed by atoms with van der Waals surface area (Å²) in [6.45, 7) is 8.66. The van der Waals surface area contributed by atoms with Gasteiger partial charge in [-0.15, -0.1) is 0 Å². The summed E-state index contributed by atoms with van der Waals surface area (Å²) in [7, 11) is 2.12. The van der Waals surface area contributed by atoms with Crippen molar-refractivity contribution in [3.63, 3.8) is 0 Å². The van der Waals surface area contributed by atoms with E-state index in [1.54, 1.807) is 0 Å². The molecule has 2 heterocycles. The van der Waals surface area contributed by atoms with Gasteiger partial charge in [-0.3, -0.25) is 4.90 Å². The summed E-state index contributed by atoms with van der Waals surface area (Å²) >= 11 is 5.91. The van der Waals surface area contributed by atoms with Crippen LogP contribution in [0.2, 0.25) is 5.02 Å². The summed E-state index contributed by atoms with van der Waals surface area (Å²) in [5.74, 6) is 1.99. The first-order valence-electron chi connectivity index (χ1n) is 8.52. The average molecular weight is 349 g/mol. The van der Waals surface area contributed by atoms with E-state index in [4.69, 9.17) is 16.1 Å². The summed E-state index contributed by atoms with van der Waals surface area (Å²) in [4.78, 5) is 9.31. The number of aromatic nitrogens is 2. The monoisotopic (exact) mass is 348 g/mol. The molecule has 3 rings (SSSR count). The number of hydrogen-bond donors (Lipinski definition) is 0. The van der Waals surface area contributed by atoms with Gasteiger partial charge in [0.25, 0.3) is 0 Å². The van der Waals surface area contributed by atoms with E-state index in [1.807, 2.05) is 24.3 Å². The van der Waals surface area contributed by atoms with Crippen molar-refractivity contribution in [2.24, 2.45) is 5.92 Å². The fraction of sp³-hybridized carbons (Fsp3) is 0.556. The van der Waals surface area contributed by atoms with E-state index in [0.29, 0.717) is 29.3 Å². The lowest BCUT2D eigenvalue weighted by Gasteiger charge is -2.22. The van der Waals surface area contributed by atoms with Crippen molar-refractivity contribution < 1.29 is 4.52 Å². The zero-order valence-electron chi connectivity index (χ0n) is 14.6. The lowest BCUT2D eigenvalue weighted by atomic mass is 10.1. The summed E-state index contributed by atoms with van der Waals surface area (Å²) < 4.78 is 5.40. The largest absolute Gasteiger partial charge is 0.338 e. The number of rotatable bonds is 6. The van der Waals surface area contributed by atoms with Crippen molar-refractivity contribution in [2.75, 3.05) is 26.7 Å². The fourth-order valence-electron chi connectivity index (χ4n) is 3.25. The third-order valence-electron chi connectivity index (χ3n) is 4.59. The lowest BCUT2D eigenvalue weighted by Crippen LogP contribution is -2.31. The van der Waals surface area contributed by atoms with Gasteiger partial charge in [0, 0.05) is 29.7 Å². The topological polar surface area (TPSA) is 45.4 Å². The molecule has 0 amide bonds. The molecule has 0 bridgehead atoms. The number of likely N-dealkylation sites (tertiary alicyclic amines) is 1. The van der Waals surface area contributed by atoms with Crippen molar-refractivity contribution >= 4 is 11.6 Å². The molecular formula is C18H25ClN4O. The molecule has 1 aromatic carbocycles. The lowest BCUT2D eigenvalue weighted by molar-refractivity contribution is 0.218. The van der Waals surface area contributed by atoms with Crippen LogP contribution in [0.15, 0.2) is 28.8 Å². The van der Waals surface area contributed by atoms with Crippen LogP contribution in [-0.2, 0) is 6.54 Å². The summed E-state index contributed by atoms with van der Waals surface area (Å²) in [5.41, 5.74) is 0.917. The van der Waals surface area contributed by atoms with E-state index in [0.717, 1.165) is 18.0 Å². The van der Waals surface area contributed by atoms with E-state index in [-0.39, 0.29) is 0 Å². The second-order valence-electron chi connectivity index (χ2n) is 6.96. The molecule has 0 saturated carbocycles. The van der Waals surface area contributed by atoms with Gasteiger partial charge < -0.3 is 9.42 Å². The highest BCUT2D eigenvalue weighted by molar-refractivity contribution is 6.30. The molecule has 0 radical (unpaired) electrons. The van der Waals surface area contributed by atoms with Gasteiger partial charge in [-0.1, -0.05) is 16.8 Å². The Labute approximate surface area is 148 Å². The molecule has 24 heavy (non-hydrogen) atoms. The second kappa shape index (κ2) is 7.64. The molecule has 0 unspecified atom stereocenters. The second-order valence-corrected chi connectivity index (χ2v) is 7.40. The van der Waals surface area contributed by atoms with E-state index >= 15 is 0 Å². The van der Waals surface area contributed by atoms with E-state index < -0.39 is 0 Å². The van der Waals surface area contributed by atoms with Crippen molar-refractivity contribution in [3.05, 3.63) is 35.2 Å². The number of benzene rings is 1. The van der Waals surface area contributed by atoms with Crippen molar-refractivity contribution in [1.82, 2.24) is 19.9 Å². The van der Waals surface area contributed by atoms with E-state index in [1.165, 1.54) is 19.5 Å². The van der Waals surface area contributed by atoms with Gasteiger partial charge in [-0.2, -0.15) is 4.98 Å². The first-order chi connectivity index (χ1) is 11.5. The molecular weight excluding hydrogens is 324 g/mol. The summed E-state index contributed by atoms with van der Waals surface area (Å²) in [6, 6.07) is 8.11. The molecule has 0 N–H and O–H groups in total. The molecule has 6 heteroatoms. The molecule has 1 aliphatic heterocycles. The van der Waals surface area contributed by atoms with Gasteiger partial charge in [-0.25, -0.2) is 0 Å². The highest BCUT2D eigenvalue weighted by Crippen LogP contribution is 2.21. The summed E-state index contributed by atoms with van der Waals surface area (Å²) in [6.07, 6.45) is 1.27. The Morgan fingerprint density at radius 3 is 2.75 bits per heavy atom. The number of nitrogens with zero attached hydrogens (tertiary/aromatic N) is 4. The predicted molar refractivity (Wildman–Crippen MR) is 95.9 cm³/mol. The van der Waals surface area contributed by atoms with Crippen LogP contribution < -0.4 is 0 Å². The van der Waals surface area contributed by atoms with Gasteiger partial charge in [0.1, 0.15) is 0 Å². The Balaban J connectivity index is 1.54. The minimum absolute atomic E-state index is 0.613. The first-order valence-corrected chi connectivity index (χ1v) is 8.90. The Hall–Kier alpha value is -1.43. The fourth-order valence-corrected chi connectivity index (χ4v) is 3.38. The van der Waals surface area contributed by atoms with Gasteiger partial charge >= 0.3 is 0 Å². The number of hydrogen-bond acceptors (Lipinski definition) is 5. The minimum atomic E-state index is 0.613. The van der Waals surface area contributed by atoms with Crippen LogP contribution in [-0.4, -0.2) is 52.7 Å². The van der Waals surface area contributed by atoms with Gasteiger partial charge in [0.05, 0.1) is 6.54 Å². The van der Waals surface area contributed by atoms with Crippen LogP contribution in [0.1, 0.15) is 26.2 Å². The smallest absolute Gasteiger partial charge is 0.241 e. The molecule has 130 valence electrons. The first kappa shape index (κ1) is 17.4. The van der Waals surface area contributed by atoms with Gasteiger partial charge in [0.2, 0.25) is 11.7 Å². The molecule has 5 nitrogen and oxygen atoms in total. The third kappa shape index (κ3) is 4.35. The summed E-state index contributed by atoms with van der Waals surface area (Å²) in [5, 5.41) is 4.78. The Kier molecular flexibility index (Phi) is 5.54. The Morgan fingerprint density at radius 1 is 1.33 bits per heavy atom. The van der Waals surface area contributed by atoms with Crippen LogP contribution in [0.5, 0.6) is 0 Å².